The molecule has 1 nitrogen and oxygen atoms in total. The summed E-state index contributed by atoms with van der Waals surface area (Å²) in [6, 6.07) is 16.6. The summed E-state index contributed by atoms with van der Waals surface area (Å²) in [6.07, 6.45) is 0. The molecular weight excluding hydrogens is 310 g/mol. The van der Waals surface area contributed by atoms with Gasteiger partial charge in [-0.1, -0.05) is 58.7 Å². The average molecular weight is 325 g/mol. The highest BCUT2D eigenvalue weighted by Gasteiger charge is 2.12. The molecule has 2 aromatic rings. The van der Waals surface area contributed by atoms with E-state index >= 15 is 0 Å². The smallest absolute Gasteiger partial charge is 0.0576 e. The molecule has 1 unspecified atom stereocenters. The molecular formula is C15H15BrClN. The zero-order valence-electron chi connectivity index (χ0n) is 10.2. The van der Waals surface area contributed by atoms with Crippen LogP contribution < -0.4 is 5.32 Å². The van der Waals surface area contributed by atoms with Crippen LogP contribution in [0.25, 0.3) is 0 Å². The highest BCUT2D eigenvalue weighted by molar-refractivity contribution is 9.10. The lowest BCUT2D eigenvalue weighted by Gasteiger charge is -2.19. The molecule has 1 N–H and O–H groups in total. The Bertz CT molecular complexity index is 447. The molecule has 0 amide bonds. The third-order valence-electron chi connectivity index (χ3n) is 2.81. The fourth-order valence-corrected chi connectivity index (χ4v) is 2.33. The largest absolute Gasteiger partial charge is 0.307 e. The van der Waals surface area contributed by atoms with E-state index in [2.05, 4.69) is 64.6 Å². The van der Waals surface area contributed by atoms with Gasteiger partial charge in [0.2, 0.25) is 0 Å². The number of benzene rings is 2. The van der Waals surface area contributed by atoms with Crippen LogP contribution >= 0.6 is 27.5 Å². The predicted molar refractivity (Wildman–Crippen MR) is 81.1 cm³/mol. The molecule has 0 saturated carbocycles. The standard InChI is InChI=1S/C15H15BrClN/c1-2-18-15(11-3-7-13(16)8-4-11)12-5-9-14(17)10-6-12/h3-10,15,18H,2H2,1H3. The zero-order chi connectivity index (χ0) is 13.0. The monoisotopic (exact) mass is 323 g/mol. The third kappa shape index (κ3) is 3.35. The van der Waals surface area contributed by atoms with E-state index in [0.29, 0.717) is 0 Å². The second-order valence-electron chi connectivity index (χ2n) is 4.09. The third-order valence-corrected chi connectivity index (χ3v) is 3.60. The highest BCUT2D eigenvalue weighted by atomic mass is 79.9. The molecule has 1 atom stereocenters. The van der Waals surface area contributed by atoms with Crippen molar-refractivity contribution in [3.63, 3.8) is 0 Å². The Morgan fingerprint density at radius 1 is 1.00 bits per heavy atom. The van der Waals surface area contributed by atoms with Crippen molar-refractivity contribution in [3.05, 3.63) is 69.2 Å². The Morgan fingerprint density at radius 2 is 1.50 bits per heavy atom. The quantitative estimate of drug-likeness (QED) is 0.851. The van der Waals surface area contributed by atoms with Gasteiger partial charge >= 0.3 is 0 Å². The maximum Gasteiger partial charge on any atom is 0.0576 e. The summed E-state index contributed by atoms with van der Waals surface area (Å²) in [5.41, 5.74) is 2.48. The number of rotatable bonds is 4. The van der Waals surface area contributed by atoms with Crippen molar-refractivity contribution in [2.75, 3.05) is 6.54 Å². The van der Waals surface area contributed by atoms with Gasteiger partial charge < -0.3 is 5.32 Å². The molecule has 0 saturated heterocycles. The van der Waals surface area contributed by atoms with Gasteiger partial charge in [0.1, 0.15) is 0 Å². The van der Waals surface area contributed by atoms with Crippen LogP contribution in [0.4, 0.5) is 0 Å². The van der Waals surface area contributed by atoms with Crippen LogP contribution in [-0.2, 0) is 0 Å². The van der Waals surface area contributed by atoms with E-state index in [1.54, 1.807) is 0 Å². The van der Waals surface area contributed by atoms with Gasteiger partial charge in [-0.25, -0.2) is 0 Å². The first-order valence-electron chi connectivity index (χ1n) is 5.95. The summed E-state index contributed by atoms with van der Waals surface area (Å²) < 4.78 is 1.10. The minimum absolute atomic E-state index is 0.209. The number of hydrogen-bond acceptors (Lipinski definition) is 1. The van der Waals surface area contributed by atoms with Crippen LogP contribution in [0.5, 0.6) is 0 Å². The average Bonchev–Trinajstić information content (AvgIpc) is 2.39. The van der Waals surface area contributed by atoms with E-state index in [1.807, 2.05) is 12.1 Å². The van der Waals surface area contributed by atoms with Crippen LogP contribution in [0.1, 0.15) is 24.1 Å². The normalized spacial score (nSPS) is 12.4. The van der Waals surface area contributed by atoms with Crippen molar-refractivity contribution >= 4 is 27.5 Å². The molecule has 0 aliphatic heterocycles. The van der Waals surface area contributed by atoms with Crippen molar-refractivity contribution < 1.29 is 0 Å². The van der Waals surface area contributed by atoms with E-state index in [0.717, 1.165) is 16.0 Å². The molecule has 0 fully saturated rings. The summed E-state index contributed by atoms with van der Waals surface area (Å²) in [5, 5.41) is 4.26. The van der Waals surface area contributed by atoms with Crippen LogP contribution in [0.15, 0.2) is 53.0 Å². The van der Waals surface area contributed by atoms with Gasteiger partial charge in [0.15, 0.2) is 0 Å². The fraction of sp³-hybridized carbons (Fsp3) is 0.200. The van der Waals surface area contributed by atoms with E-state index < -0.39 is 0 Å². The van der Waals surface area contributed by atoms with Gasteiger partial charge in [0.05, 0.1) is 6.04 Å². The van der Waals surface area contributed by atoms with Crippen molar-refractivity contribution in [3.8, 4) is 0 Å². The van der Waals surface area contributed by atoms with Gasteiger partial charge in [-0.3, -0.25) is 0 Å². The lowest BCUT2D eigenvalue weighted by Crippen LogP contribution is -2.21. The molecule has 0 spiro atoms. The summed E-state index contributed by atoms with van der Waals surface area (Å²) in [5.74, 6) is 0. The fourth-order valence-electron chi connectivity index (χ4n) is 1.94. The van der Waals surface area contributed by atoms with E-state index in [-0.39, 0.29) is 6.04 Å². The molecule has 2 aromatic carbocycles. The van der Waals surface area contributed by atoms with E-state index in [9.17, 15) is 0 Å². The second-order valence-corrected chi connectivity index (χ2v) is 5.45. The first-order chi connectivity index (χ1) is 8.70. The topological polar surface area (TPSA) is 12.0 Å². The predicted octanol–water partition coefficient (Wildman–Crippen LogP) is 4.80. The van der Waals surface area contributed by atoms with Crippen LogP contribution in [0, 0.1) is 0 Å². The molecule has 0 aromatic heterocycles. The summed E-state index contributed by atoms with van der Waals surface area (Å²) in [4.78, 5) is 0. The van der Waals surface area contributed by atoms with Gasteiger partial charge in [-0.05, 0) is 41.9 Å². The summed E-state index contributed by atoms with van der Waals surface area (Å²) in [6.45, 7) is 3.03. The molecule has 0 heterocycles. The van der Waals surface area contributed by atoms with Crippen molar-refractivity contribution in [2.45, 2.75) is 13.0 Å². The Balaban J connectivity index is 2.33. The SMILES string of the molecule is CCNC(c1ccc(Cl)cc1)c1ccc(Br)cc1. The molecule has 0 aliphatic rings. The van der Waals surface area contributed by atoms with Gasteiger partial charge in [-0.15, -0.1) is 0 Å². The molecule has 2 rings (SSSR count). The maximum atomic E-state index is 5.93. The summed E-state index contributed by atoms with van der Waals surface area (Å²) >= 11 is 9.40. The lowest BCUT2D eigenvalue weighted by molar-refractivity contribution is 0.630. The highest BCUT2D eigenvalue weighted by Crippen LogP contribution is 2.24. The second kappa shape index (κ2) is 6.37. The maximum absolute atomic E-state index is 5.93. The molecule has 18 heavy (non-hydrogen) atoms. The first-order valence-corrected chi connectivity index (χ1v) is 7.12. The minimum atomic E-state index is 0.209. The van der Waals surface area contributed by atoms with Crippen molar-refractivity contribution in [1.82, 2.24) is 5.32 Å². The Morgan fingerprint density at radius 3 is 2.00 bits per heavy atom. The number of halogens is 2. The summed E-state index contributed by atoms with van der Waals surface area (Å²) in [7, 11) is 0. The van der Waals surface area contributed by atoms with Gasteiger partial charge in [0.25, 0.3) is 0 Å². The Labute approximate surface area is 121 Å². The number of nitrogens with one attached hydrogen (secondary N) is 1. The molecule has 0 radical (unpaired) electrons. The van der Waals surface area contributed by atoms with Gasteiger partial charge in [0, 0.05) is 9.50 Å². The first kappa shape index (κ1) is 13.6. The van der Waals surface area contributed by atoms with E-state index in [1.165, 1.54) is 11.1 Å². The number of hydrogen-bond donors (Lipinski definition) is 1. The van der Waals surface area contributed by atoms with Crippen LogP contribution in [0.3, 0.4) is 0 Å². The molecule has 94 valence electrons. The molecule has 0 bridgehead atoms. The van der Waals surface area contributed by atoms with E-state index in [4.69, 9.17) is 11.6 Å². The Kier molecular flexibility index (Phi) is 4.81. The molecule has 0 aliphatic carbocycles. The van der Waals surface area contributed by atoms with Crippen LogP contribution in [0.2, 0.25) is 5.02 Å². The van der Waals surface area contributed by atoms with Crippen molar-refractivity contribution in [1.29, 1.82) is 0 Å². The minimum Gasteiger partial charge on any atom is -0.307 e. The molecule has 3 heteroatoms. The lowest BCUT2D eigenvalue weighted by atomic mass is 9.99. The Hall–Kier alpha value is -0.830. The van der Waals surface area contributed by atoms with Crippen molar-refractivity contribution in [2.24, 2.45) is 0 Å². The van der Waals surface area contributed by atoms with Crippen LogP contribution in [-0.4, -0.2) is 6.54 Å². The van der Waals surface area contributed by atoms with Gasteiger partial charge in [-0.2, -0.15) is 0 Å². The zero-order valence-corrected chi connectivity index (χ0v) is 12.5.